The molecule has 35 heavy (non-hydrogen) atoms. The lowest BCUT2D eigenvalue weighted by Gasteiger charge is -2.39. The van der Waals surface area contributed by atoms with E-state index < -0.39 is 12.0 Å². The minimum atomic E-state index is -0.666. The molecule has 3 aromatic rings. The number of pyridine rings is 1. The summed E-state index contributed by atoms with van der Waals surface area (Å²) in [5.74, 6) is 0.202. The zero-order valence-electron chi connectivity index (χ0n) is 20.5. The Morgan fingerprint density at radius 3 is 2.74 bits per heavy atom. The van der Waals surface area contributed by atoms with Gasteiger partial charge in [0.05, 0.1) is 16.4 Å². The molecule has 1 saturated heterocycles. The first-order chi connectivity index (χ1) is 16.8. The Hall–Kier alpha value is -3.11. The summed E-state index contributed by atoms with van der Waals surface area (Å²) >= 11 is 1.42. The molecule has 0 radical (unpaired) electrons. The van der Waals surface area contributed by atoms with Crippen molar-refractivity contribution in [2.75, 3.05) is 6.61 Å². The van der Waals surface area contributed by atoms with Gasteiger partial charge >= 0.3 is 0 Å². The highest BCUT2D eigenvalue weighted by molar-refractivity contribution is 7.13. The van der Waals surface area contributed by atoms with Gasteiger partial charge in [-0.1, -0.05) is 11.2 Å². The largest absolute Gasteiger partial charge is 0.368 e. The molecule has 0 spiro atoms. The van der Waals surface area contributed by atoms with E-state index in [1.807, 2.05) is 50.8 Å². The maximum Gasteiger partial charge on any atom is 0.266 e. The van der Waals surface area contributed by atoms with Crippen molar-refractivity contribution >= 4 is 23.2 Å². The van der Waals surface area contributed by atoms with E-state index in [1.165, 1.54) is 11.3 Å². The molecule has 2 atom stereocenters. The van der Waals surface area contributed by atoms with Crippen LogP contribution in [0.5, 0.6) is 0 Å². The quantitative estimate of drug-likeness (QED) is 0.505. The molecule has 3 aromatic heterocycles. The van der Waals surface area contributed by atoms with Crippen LogP contribution in [0, 0.1) is 13.8 Å². The first-order valence-corrected chi connectivity index (χ1v) is 12.6. The second kappa shape index (κ2) is 10.7. The summed E-state index contributed by atoms with van der Waals surface area (Å²) in [6.45, 7) is 8.13. The Bertz CT molecular complexity index is 1190. The van der Waals surface area contributed by atoms with Gasteiger partial charge in [-0.3, -0.25) is 14.6 Å². The lowest BCUT2D eigenvalue weighted by molar-refractivity contribution is -0.134. The molecule has 1 aliphatic rings. The number of aromatic nitrogens is 3. The maximum atomic E-state index is 13.6. The molecule has 186 valence electrons. The number of amides is 2. The van der Waals surface area contributed by atoms with E-state index in [0.29, 0.717) is 42.9 Å². The van der Waals surface area contributed by atoms with Crippen LogP contribution in [0.3, 0.4) is 0 Å². The summed E-state index contributed by atoms with van der Waals surface area (Å²) < 4.78 is 10.9. The highest BCUT2D eigenvalue weighted by Crippen LogP contribution is 2.29. The highest BCUT2D eigenvalue weighted by atomic mass is 32.1. The molecule has 0 bridgehead atoms. The van der Waals surface area contributed by atoms with Crippen molar-refractivity contribution in [3.63, 3.8) is 0 Å². The van der Waals surface area contributed by atoms with E-state index in [0.717, 1.165) is 27.7 Å². The number of primary amides is 1. The SMILES string of the molecule is Cc1nc(CCc2c(-c3ccccn3)noc2C)sc1C(=O)N(C(C)C)C1CCOC(C(N)=O)C1. The number of nitrogens with two attached hydrogens (primary N) is 1. The molecular weight excluding hydrogens is 466 g/mol. The number of thiazole rings is 1. The van der Waals surface area contributed by atoms with Crippen molar-refractivity contribution in [3.8, 4) is 11.4 Å². The van der Waals surface area contributed by atoms with E-state index in [9.17, 15) is 9.59 Å². The molecule has 2 amide bonds. The van der Waals surface area contributed by atoms with E-state index in [4.69, 9.17) is 20.0 Å². The number of hydrogen-bond donors (Lipinski definition) is 1. The van der Waals surface area contributed by atoms with Gasteiger partial charge in [0.1, 0.15) is 22.4 Å². The van der Waals surface area contributed by atoms with Crippen molar-refractivity contribution in [3.05, 3.63) is 51.3 Å². The number of rotatable bonds is 8. The highest BCUT2D eigenvalue weighted by Gasteiger charge is 2.35. The molecular formula is C25H31N5O4S. The predicted octanol–water partition coefficient (Wildman–Crippen LogP) is 3.48. The Labute approximate surface area is 208 Å². The van der Waals surface area contributed by atoms with Crippen molar-refractivity contribution in [2.24, 2.45) is 5.73 Å². The molecule has 1 fully saturated rings. The number of carbonyl (C=O) groups is 2. The van der Waals surface area contributed by atoms with Crippen LogP contribution >= 0.6 is 11.3 Å². The Morgan fingerprint density at radius 2 is 2.06 bits per heavy atom. The van der Waals surface area contributed by atoms with Gasteiger partial charge in [-0.25, -0.2) is 4.98 Å². The van der Waals surface area contributed by atoms with Gasteiger partial charge in [0.25, 0.3) is 5.91 Å². The number of aryl methyl sites for hydroxylation is 3. The first kappa shape index (κ1) is 25.0. The fourth-order valence-electron chi connectivity index (χ4n) is 4.55. The normalized spacial score (nSPS) is 18.1. The molecule has 2 N–H and O–H groups in total. The predicted molar refractivity (Wildman–Crippen MR) is 132 cm³/mol. The van der Waals surface area contributed by atoms with Crippen LogP contribution in [-0.4, -0.2) is 56.6 Å². The van der Waals surface area contributed by atoms with E-state index in [1.54, 1.807) is 6.20 Å². The molecule has 1 aliphatic heterocycles. The van der Waals surface area contributed by atoms with E-state index in [-0.39, 0.29) is 18.0 Å². The average molecular weight is 498 g/mol. The van der Waals surface area contributed by atoms with Crippen LogP contribution in [0.1, 0.15) is 58.4 Å². The van der Waals surface area contributed by atoms with Crippen LogP contribution < -0.4 is 5.73 Å². The fourth-order valence-corrected chi connectivity index (χ4v) is 5.56. The Morgan fingerprint density at radius 1 is 1.26 bits per heavy atom. The van der Waals surface area contributed by atoms with Crippen LogP contribution in [0.4, 0.5) is 0 Å². The molecule has 0 aromatic carbocycles. The standard InChI is InChI=1S/C25H31N5O4S/c1-14(2)30(17-10-12-33-20(13-17)24(26)31)25(32)23-15(3)28-21(35-23)9-8-18-16(4)34-29-22(18)19-7-5-6-11-27-19/h5-7,11,14,17,20H,8-10,12-13H2,1-4H3,(H2,26,31). The van der Waals surface area contributed by atoms with Crippen molar-refractivity contribution < 1.29 is 18.8 Å². The van der Waals surface area contributed by atoms with Crippen molar-refractivity contribution in [2.45, 2.75) is 71.6 Å². The number of ether oxygens (including phenoxy) is 1. The summed E-state index contributed by atoms with van der Waals surface area (Å²) in [5, 5.41) is 5.08. The van der Waals surface area contributed by atoms with Gasteiger partial charge in [0.15, 0.2) is 0 Å². The van der Waals surface area contributed by atoms with Crippen LogP contribution in [0.25, 0.3) is 11.4 Å². The second-order valence-electron chi connectivity index (χ2n) is 9.05. The van der Waals surface area contributed by atoms with E-state index >= 15 is 0 Å². The monoisotopic (exact) mass is 497 g/mol. The number of hydrogen-bond acceptors (Lipinski definition) is 8. The summed E-state index contributed by atoms with van der Waals surface area (Å²) in [5.41, 5.74) is 8.67. The molecule has 0 saturated carbocycles. The van der Waals surface area contributed by atoms with Crippen LogP contribution in [-0.2, 0) is 22.4 Å². The van der Waals surface area contributed by atoms with Crippen molar-refractivity contribution in [1.29, 1.82) is 0 Å². The molecule has 4 heterocycles. The Balaban J connectivity index is 1.51. The lowest BCUT2D eigenvalue weighted by atomic mass is 9.99. The minimum absolute atomic E-state index is 0.0374. The van der Waals surface area contributed by atoms with Gasteiger partial charge in [-0.2, -0.15) is 0 Å². The topological polar surface area (TPSA) is 124 Å². The van der Waals surface area contributed by atoms with Gasteiger partial charge in [0.2, 0.25) is 5.91 Å². The summed E-state index contributed by atoms with van der Waals surface area (Å²) in [4.78, 5) is 36.9. The minimum Gasteiger partial charge on any atom is -0.368 e. The van der Waals surface area contributed by atoms with E-state index in [2.05, 4.69) is 10.1 Å². The zero-order valence-corrected chi connectivity index (χ0v) is 21.3. The molecule has 9 nitrogen and oxygen atoms in total. The van der Waals surface area contributed by atoms with Crippen LogP contribution in [0.2, 0.25) is 0 Å². The third kappa shape index (κ3) is 5.43. The van der Waals surface area contributed by atoms with Gasteiger partial charge < -0.3 is 19.9 Å². The summed E-state index contributed by atoms with van der Waals surface area (Å²) in [7, 11) is 0. The average Bonchev–Trinajstić information content (AvgIpc) is 3.40. The summed E-state index contributed by atoms with van der Waals surface area (Å²) in [6, 6.07) is 5.54. The molecule has 0 aliphatic carbocycles. The zero-order chi connectivity index (χ0) is 25.1. The van der Waals surface area contributed by atoms with Crippen LogP contribution in [0.15, 0.2) is 28.9 Å². The van der Waals surface area contributed by atoms with Gasteiger partial charge in [0, 0.05) is 43.3 Å². The van der Waals surface area contributed by atoms with Gasteiger partial charge in [-0.05, 0) is 52.7 Å². The number of carbonyl (C=O) groups excluding carboxylic acids is 2. The number of nitrogens with zero attached hydrogens (tertiary/aromatic N) is 4. The maximum absolute atomic E-state index is 13.6. The fraction of sp³-hybridized carbons (Fsp3) is 0.480. The second-order valence-corrected chi connectivity index (χ2v) is 10.1. The first-order valence-electron chi connectivity index (χ1n) is 11.8. The molecule has 4 rings (SSSR count). The smallest absolute Gasteiger partial charge is 0.266 e. The third-order valence-electron chi connectivity index (χ3n) is 6.27. The summed E-state index contributed by atoms with van der Waals surface area (Å²) in [6.07, 6.45) is 3.48. The van der Waals surface area contributed by atoms with Crippen molar-refractivity contribution in [1.82, 2.24) is 20.0 Å². The molecule has 2 unspecified atom stereocenters. The molecule has 10 heteroatoms. The van der Waals surface area contributed by atoms with Gasteiger partial charge in [-0.15, -0.1) is 11.3 Å². The Kier molecular flexibility index (Phi) is 7.61. The lowest BCUT2D eigenvalue weighted by Crippen LogP contribution is -2.51. The third-order valence-corrected chi connectivity index (χ3v) is 7.48.